The molecular formula is C27H37N3O4S. The number of nitrogens with zero attached hydrogens (tertiary/aromatic N) is 2. The van der Waals surface area contributed by atoms with E-state index >= 15 is 0 Å². The molecule has 190 valence electrons. The quantitative estimate of drug-likeness (QED) is 0.608. The van der Waals surface area contributed by atoms with Gasteiger partial charge in [0.15, 0.2) is 10.7 Å². The van der Waals surface area contributed by atoms with Gasteiger partial charge in [-0.3, -0.25) is 4.79 Å². The molecule has 0 radical (unpaired) electrons. The number of rotatable bonds is 6. The number of amides is 1. The lowest BCUT2D eigenvalue weighted by Gasteiger charge is -2.32. The van der Waals surface area contributed by atoms with Gasteiger partial charge in [0.25, 0.3) is 0 Å². The van der Waals surface area contributed by atoms with Gasteiger partial charge in [-0.15, -0.1) is 0 Å². The largest absolute Gasteiger partial charge is 0.355 e. The molecule has 35 heavy (non-hydrogen) atoms. The fourth-order valence-electron chi connectivity index (χ4n) is 5.48. The van der Waals surface area contributed by atoms with Crippen LogP contribution in [-0.4, -0.2) is 42.9 Å². The molecule has 0 bridgehead atoms. The van der Waals surface area contributed by atoms with Crippen LogP contribution in [0.1, 0.15) is 78.7 Å². The van der Waals surface area contributed by atoms with Crippen LogP contribution in [0.2, 0.25) is 0 Å². The summed E-state index contributed by atoms with van der Waals surface area (Å²) in [5, 5.41) is 7.14. The normalized spacial score (nSPS) is 20.4. The van der Waals surface area contributed by atoms with Crippen LogP contribution in [0.3, 0.4) is 0 Å². The Bertz CT molecular complexity index is 1190. The predicted octanol–water partition coefficient (Wildman–Crippen LogP) is 4.93. The van der Waals surface area contributed by atoms with Crippen molar-refractivity contribution < 1.29 is 17.7 Å². The SMILES string of the molecule is Cc1cc(C)c(/C=C/c2onc(C)c2S(=O)(=O)N2CCC[C@@H](C(=O)NC3CCCCC3)C2)c(C)c1. The monoisotopic (exact) mass is 499 g/mol. The van der Waals surface area contributed by atoms with Crippen LogP contribution in [0.15, 0.2) is 21.6 Å². The van der Waals surface area contributed by atoms with E-state index in [-0.39, 0.29) is 35.1 Å². The third-order valence-electron chi connectivity index (χ3n) is 7.28. The molecule has 2 aliphatic rings. The van der Waals surface area contributed by atoms with Gasteiger partial charge in [0.2, 0.25) is 15.9 Å². The lowest BCUT2D eigenvalue weighted by molar-refractivity contribution is -0.127. The van der Waals surface area contributed by atoms with Gasteiger partial charge < -0.3 is 9.84 Å². The second-order valence-corrected chi connectivity index (χ2v) is 12.0. The first kappa shape index (κ1) is 25.6. The second-order valence-electron chi connectivity index (χ2n) is 10.2. The Hall–Kier alpha value is -2.45. The number of nitrogens with one attached hydrogen (secondary N) is 1. The fourth-order valence-corrected chi connectivity index (χ4v) is 7.26. The molecule has 7 nitrogen and oxygen atoms in total. The number of carbonyl (C=O) groups is 1. The van der Waals surface area contributed by atoms with Crippen molar-refractivity contribution in [2.75, 3.05) is 13.1 Å². The molecule has 1 aliphatic heterocycles. The van der Waals surface area contributed by atoms with Crippen LogP contribution in [0.4, 0.5) is 0 Å². The van der Waals surface area contributed by atoms with Crippen LogP contribution in [0.5, 0.6) is 0 Å². The van der Waals surface area contributed by atoms with E-state index in [1.807, 2.05) is 19.9 Å². The van der Waals surface area contributed by atoms with Crippen molar-refractivity contribution in [1.82, 2.24) is 14.8 Å². The number of sulfonamides is 1. The van der Waals surface area contributed by atoms with E-state index in [1.165, 1.54) is 16.3 Å². The van der Waals surface area contributed by atoms with Gasteiger partial charge in [-0.25, -0.2) is 8.42 Å². The molecule has 1 saturated carbocycles. The molecule has 2 fully saturated rings. The Morgan fingerprint density at radius 3 is 2.40 bits per heavy atom. The Kier molecular flexibility index (Phi) is 7.81. The highest BCUT2D eigenvalue weighted by atomic mass is 32.2. The van der Waals surface area contributed by atoms with Gasteiger partial charge in [-0.1, -0.05) is 48.2 Å². The number of hydrogen-bond acceptors (Lipinski definition) is 5. The summed E-state index contributed by atoms with van der Waals surface area (Å²) in [5.74, 6) is -0.141. The molecule has 0 spiro atoms. The maximum atomic E-state index is 13.7. The van der Waals surface area contributed by atoms with Crippen molar-refractivity contribution in [3.05, 3.63) is 45.8 Å². The highest BCUT2D eigenvalue weighted by molar-refractivity contribution is 7.89. The molecule has 0 unspecified atom stereocenters. The highest BCUT2D eigenvalue weighted by Gasteiger charge is 2.37. The third kappa shape index (κ3) is 5.70. The van der Waals surface area contributed by atoms with Gasteiger partial charge in [-0.2, -0.15) is 4.31 Å². The van der Waals surface area contributed by atoms with Gasteiger partial charge in [0, 0.05) is 19.1 Å². The fraction of sp³-hybridized carbons (Fsp3) is 0.556. The summed E-state index contributed by atoms with van der Waals surface area (Å²) in [4.78, 5) is 13.0. The van der Waals surface area contributed by atoms with Gasteiger partial charge in [-0.05, 0) is 76.1 Å². The Labute approximate surface area is 209 Å². The zero-order valence-corrected chi connectivity index (χ0v) is 22.1. The van der Waals surface area contributed by atoms with Gasteiger partial charge in [0.05, 0.1) is 5.92 Å². The first-order valence-electron chi connectivity index (χ1n) is 12.7. The minimum atomic E-state index is -3.87. The van der Waals surface area contributed by atoms with Crippen LogP contribution in [0, 0.1) is 33.6 Å². The van der Waals surface area contributed by atoms with Crippen LogP contribution in [0.25, 0.3) is 12.2 Å². The zero-order chi connectivity index (χ0) is 25.2. The van der Waals surface area contributed by atoms with E-state index in [2.05, 4.69) is 29.5 Å². The molecule has 1 N–H and O–H groups in total. The van der Waals surface area contributed by atoms with Crippen molar-refractivity contribution in [3.63, 3.8) is 0 Å². The molecule has 2 heterocycles. The smallest absolute Gasteiger partial charge is 0.248 e. The van der Waals surface area contributed by atoms with Crippen LogP contribution < -0.4 is 5.32 Å². The lowest BCUT2D eigenvalue weighted by Crippen LogP contribution is -2.48. The van der Waals surface area contributed by atoms with E-state index in [0.717, 1.165) is 42.4 Å². The summed E-state index contributed by atoms with van der Waals surface area (Å²) >= 11 is 0. The Morgan fingerprint density at radius 1 is 1.03 bits per heavy atom. The third-order valence-corrected chi connectivity index (χ3v) is 9.30. The first-order chi connectivity index (χ1) is 16.7. The Morgan fingerprint density at radius 2 is 1.71 bits per heavy atom. The molecule has 8 heteroatoms. The van der Waals surface area contributed by atoms with Crippen molar-refractivity contribution in [2.45, 2.75) is 83.6 Å². The summed E-state index contributed by atoms with van der Waals surface area (Å²) in [7, 11) is -3.87. The Balaban J connectivity index is 1.54. The van der Waals surface area contributed by atoms with Crippen molar-refractivity contribution in [2.24, 2.45) is 5.92 Å². The van der Waals surface area contributed by atoms with Crippen LogP contribution >= 0.6 is 0 Å². The van der Waals surface area contributed by atoms with Crippen molar-refractivity contribution in [3.8, 4) is 0 Å². The molecule has 1 saturated heterocycles. The number of aromatic nitrogens is 1. The topological polar surface area (TPSA) is 92.5 Å². The number of piperidine rings is 1. The minimum absolute atomic E-state index is 0.0238. The second kappa shape index (κ2) is 10.7. The maximum absolute atomic E-state index is 13.7. The van der Waals surface area contributed by atoms with E-state index in [1.54, 1.807) is 13.0 Å². The average Bonchev–Trinajstić information content (AvgIpc) is 3.20. The van der Waals surface area contributed by atoms with Crippen LogP contribution in [-0.2, 0) is 14.8 Å². The number of carbonyl (C=O) groups excluding carboxylic acids is 1. The standard InChI is InChI=1S/C27H37N3O4S/c1-18-15-19(2)24(20(3)16-18)12-13-25-26(21(4)29-34-25)35(32,33)30-14-8-9-22(17-30)27(31)28-23-10-6-5-7-11-23/h12-13,15-16,22-23H,5-11,14,17H2,1-4H3,(H,28,31)/b13-12+/t22-/m1/s1. The summed E-state index contributed by atoms with van der Waals surface area (Å²) in [6.45, 7) is 8.35. The summed E-state index contributed by atoms with van der Waals surface area (Å²) in [6.07, 6.45) is 10.5. The molecule has 2 aromatic rings. The zero-order valence-electron chi connectivity index (χ0n) is 21.3. The van der Waals surface area contributed by atoms with Crippen molar-refractivity contribution >= 4 is 28.1 Å². The first-order valence-corrected chi connectivity index (χ1v) is 14.1. The summed E-state index contributed by atoms with van der Waals surface area (Å²) in [6, 6.07) is 4.42. The minimum Gasteiger partial charge on any atom is -0.355 e. The maximum Gasteiger partial charge on any atom is 0.248 e. The molecule has 1 aromatic heterocycles. The number of benzene rings is 1. The predicted molar refractivity (Wildman–Crippen MR) is 137 cm³/mol. The average molecular weight is 500 g/mol. The number of aryl methyl sites for hydroxylation is 4. The molecule has 1 atom stereocenters. The van der Waals surface area contributed by atoms with Gasteiger partial charge in [0.1, 0.15) is 5.69 Å². The molecule has 1 aromatic carbocycles. The summed E-state index contributed by atoms with van der Waals surface area (Å²) < 4.78 is 34.3. The molecule has 1 amide bonds. The van der Waals surface area contributed by atoms with E-state index in [4.69, 9.17) is 4.52 Å². The van der Waals surface area contributed by atoms with Crippen molar-refractivity contribution in [1.29, 1.82) is 0 Å². The van der Waals surface area contributed by atoms with Gasteiger partial charge >= 0.3 is 0 Å². The molecule has 4 rings (SSSR count). The highest BCUT2D eigenvalue weighted by Crippen LogP contribution is 2.30. The molecular weight excluding hydrogens is 462 g/mol. The van der Waals surface area contributed by atoms with E-state index in [0.29, 0.717) is 25.1 Å². The summed E-state index contributed by atoms with van der Waals surface area (Å²) in [5.41, 5.74) is 4.77. The van der Waals surface area contributed by atoms with E-state index in [9.17, 15) is 13.2 Å². The molecule has 1 aliphatic carbocycles. The lowest BCUT2D eigenvalue weighted by atomic mass is 9.93. The van der Waals surface area contributed by atoms with E-state index < -0.39 is 10.0 Å². The number of hydrogen-bond donors (Lipinski definition) is 1.